The molecule has 1 saturated heterocycles. The second-order valence-corrected chi connectivity index (χ2v) is 6.43. The quantitative estimate of drug-likeness (QED) is 0.613. The first kappa shape index (κ1) is 18.8. The third kappa shape index (κ3) is 5.50. The molecule has 1 fully saturated rings. The van der Waals surface area contributed by atoms with Crippen molar-refractivity contribution in [3.05, 3.63) is 36.0 Å². The topological polar surface area (TPSA) is 71.4 Å². The van der Waals surface area contributed by atoms with Crippen molar-refractivity contribution in [2.45, 2.75) is 26.3 Å². The molecule has 25 heavy (non-hydrogen) atoms. The van der Waals surface area contributed by atoms with E-state index >= 15 is 0 Å². The Bertz CT molecular complexity index is 639. The highest BCUT2D eigenvalue weighted by Gasteiger charge is 2.14. The van der Waals surface area contributed by atoms with Crippen LogP contribution in [0.1, 0.15) is 20.3 Å². The summed E-state index contributed by atoms with van der Waals surface area (Å²) in [6, 6.07) is 10.0. The molecule has 1 unspecified atom stereocenters. The zero-order chi connectivity index (χ0) is 18.2. The van der Waals surface area contributed by atoms with Crippen LogP contribution in [-0.2, 0) is 4.79 Å². The van der Waals surface area contributed by atoms with Gasteiger partial charge in [-0.1, -0.05) is 6.92 Å². The number of nitriles is 1. The minimum Gasteiger partial charge on any atom is -0.369 e. The van der Waals surface area contributed by atoms with Gasteiger partial charge in [0.25, 0.3) is 5.91 Å². The van der Waals surface area contributed by atoms with Gasteiger partial charge in [-0.05, 0) is 44.7 Å². The first-order chi connectivity index (χ1) is 12.0. The predicted octanol–water partition coefficient (Wildman–Crippen LogP) is 2.17. The predicted molar refractivity (Wildman–Crippen MR) is 101 cm³/mol. The molecule has 1 aromatic rings. The van der Waals surface area contributed by atoms with Crippen LogP contribution in [0.15, 0.2) is 36.0 Å². The molecule has 0 spiro atoms. The lowest BCUT2D eigenvalue weighted by Crippen LogP contribution is -2.44. The van der Waals surface area contributed by atoms with Gasteiger partial charge >= 0.3 is 0 Å². The Morgan fingerprint density at radius 1 is 1.28 bits per heavy atom. The molecule has 1 aromatic carbocycles. The standard InChI is InChI=1S/C19H27N5O/c1-4-15(2)22-19(25)16(13-20)14-21-17-5-7-18(8-6-17)24-11-9-23(3)10-12-24/h5-8,14-15,21H,4,9-12H2,1-3H3,(H,22,25)/b16-14-. The average molecular weight is 341 g/mol. The number of carbonyl (C=O) groups is 1. The number of carbonyl (C=O) groups excluding carboxylic acids is 1. The van der Waals surface area contributed by atoms with Gasteiger partial charge in [0.15, 0.2) is 0 Å². The van der Waals surface area contributed by atoms with E-state index in [4.69, 9.17) is 5.26 Å². The fourth-order valence-electron chi connectivity index (χ4n) is 2.54. The molecule has 134 valence electrons. The van der Waals surface area contributed by atoms with Crippen LogP contribution in [0, 0.1) is 11.3 Å². The van der Waals surface area contributed by atoms with E-state index in [1.807, 2.05) is 32.0 Å². The van der Waals surface area contributed by atoms with Crippen molar-refractivity contribution in [1.82, 2.24) is 10.2 Å². The summed E-state index contributed by atoms with van der Waals surface area (Å²) in [6.07, 6.45) is 2.29. The van der Waals surface area contributed by atoms with E-state index in [1.165, 1.54) is 11.9 Å². The van der Waals surface area contributed by atoms with Crippen LogP contribution in [0.5, 0.6) is 0 Å². The third-order valence-electron chi connectivity index (χ3n) is 4.47. The van der Waals surface area contributed by atoms with Gasteiger partial charge in [0.2, 0.25) is 0 Å². The van der Waals surface area contributed by atoms with E-state index in [9.17, 15) is 4.79 Å². The van der Waals surface area contributed by atoms with E-state index in [-0.39, 0.29) is 17.5 Å². The van der Waals surface area contributed by atoms with Gasteiger partial charge < -0.3 is 20.4 Å². The van der Waals surface area contributed by atoms with Gasteiger partial charge in [0.1, 0.15) is 11.6 Å². The van der Waals surface area contributed by atoms with Crippen molar-refractivity contribution >= 4 is 17.3 Å². The molecule has 6 heteroatoms. The minimum absolute atomic E-state index is 0.0483. The van der Waals surface area contributed by atoms with Crippen LogP contribution in [0.3, 0.4) is 0 Å². The second kappa shape index (κ2) is 9.09. The summed E-state index contributed by atoms with van der Waals surface area (Å²) in [4.78, 5) is 16.7. The van der Waals surface area contributed by atoms with Gasteiger partial charge in [-0.15, -0.1) is 0 Å². The number of nitrogens with one attached hydrogen (secondary N) is 2. The summed E-state index contributed by atoms with van der Waals surface area (Å²) < 4.78 is 0. The fourth-order valence-corrected chi connectivity index (χ4v) is 2.54. The number of benzene rings is 1. The Morgan fingerprint density at radius 2 is 1.92 bits per heavy atom. The maximum atomic E-state index is 12.0. The third-order valence-corrected chi connectivity index (χ3v) is 4.47. The molecule has 1 atom stereocenters. The Hall–Kier alpha value is -2.52. The lowest BCUT2D eigenvalue weighted by molar-refractivity contribution is -0.117. The van der Waals surface area contributed by atoms with Gasteiger partial charge in [-0.25, -0.2) is 0 Å². The van der Waals surface area contributed by atoms with Gasteiger partial charge in [0, 0.05) is 49.8 Å². The first-order valence-electron chi connectivity index (χ1n) is 8.74. The summed E-state index contributed by atoms with van der Waals surface area (Å²) in [7, 11) is 2.14. The number of amides is 1. The molecule has 0 bridgehead atoms. The number of nitrogens with zero attached hydrogens (tertiary/aromatic N) is 3. The number of anilines is 2. The van der Waals surface area contributed by atoms with E-state index in [1.54, 1.807) is 0 Å². The molecule has 2 N–H and O–H groups in total. The minimum atomic E-state index is -0.349. The van der Waals surface area contributed by atoms with Crippen LogP contribution in [0.2, 0.25) is 0 Å². The molecule has 0 radical (unpaired) electrons. The van der Waals surface area contributed by atoms with E-state index in [0.717, 1.165) is 38.3 Å². The van der Waals surface area contributed by atoms with Gasteiger partial charge in [0.05, 0.1) is 0 Å². The first-order valence-corrected chi connectivity index (χ1v) is 8.74. The smallest absolute Gasteiger partial charge is 0.263 e. The highest BCUT2D eigenvalue weighted by Crippen LogP contribution is 2.19. The molecule has 1 aliphatic heterocycles. The van der Waals surface area contributed by atoms with Crippen molar-refractivity contribution in [1.29, 1.82) is 5.26 Å². The number of piperazine rings is 1. The van der Waals surface area contributed by atoms with Crippen molar-refractivity contribution in [3.63, 3.8) is 0 Å². The number of likely N-dealkylation sites (N-methyl/N-ethyl adjacent to an activating group) is 1. The Kier molecular flexibility index (Phi) is 6.84. The summed E-state index contributed by atoms with van der Waals surface area (Å²) in [5, 5.41) is 15.0. The monoisotopic (exact) mass is 341 g/mol. The molecule has 1 heterocycles. The zero-order valence-electron chi connectivity index (χ0n) is 15.2. The van der Waals surface area contributed by atoms with Crippen molar-refractivity contribution < 1.29 is 4.79 Å². The highest BCUT2D eigenvalue weighted by atomic mass is 16.1. The van der Waals surface area contributed by atoms with Crippen LogP contribution >= 0.6 is 0 Å². The maximum absolute atomic E-state index is 12.0. The van der Waals surface area contributed by atoms with E-state index in [0.29, 0.717) is 0 Å². The fraction of sp³-hybridized carbons (Fsp3) is 0.474. The van der Waals surface area contributed by atoms with Gasteiger partial charge in [-0.2, -0.15) is 5.26 Å². The Balaban J connectivity index is 1.95. The number of rotatable bonds is 6. The normalized spacial score (nSPS) is 16.9. The van der Waals surface area contributed by atoms with Crippen LogP contribution < -0.4 is 15.5 Å². The van der Waals surface area contributed by atoms with Gasteiger partial charge in [-0.3, -0.25) is 4.79 Å². The number of hydrogen-bond acceptors (Lipinski definition) is 5. The van der Waals surface area contributed by atoms with Crippen molar-refractivity contribution in [2.24, 2.45) is 0 Å². The summed E-state index contributed by atoms with van der Waals surface area (Å²) in [6.45, 7) is 8.09. The summed E-state index contributed by atoms with van der Waals surface area (Å²) in [5.41, 5.74) is 2.11. The molecular formula is C19H27N5O. The summed E-state index contributed by atoms with van der Waals surface area (Å²) in [5.74, 6) is -0.349. The van der Waals surface area contributed by atoms with E-state index < -0.39 is 0 Å². The Morgan fingerprint density at radius 3 is 2.48 bits per heavy atom. The second-order valence-electron chi connectivity index (χ2n) is 6.43. The van der Waals surface area contributed by atoms with E-state index in [2.05, 4.69) is 39.6 Å². The average Bonchev–Trinajstić information content (AvgIpc) is 2.63. The lowest BCUT2D eigenvalue weighted by Gasteiger charge is -2.34. The maximum Gasteiger partial charge on any atom is 0.263 e. The molecule has 1 aliphatic rings. The van der Waals surface area contributed by atoms with Crippen molar-refractivity contribution in [3.8, 4) is 6.07 Å². The molecule has 0 aromatic heterocycles. The lowest BCUT2D eigenvalue weighted by atomic mass is 10.2. The number of hydrogen-bond donors (Lipinski definition) is 2. The molecule has 2 rings (SSSR count). The van der Waals surface area contributed by atoms with Crippen LogP contribution in [0.4, 0.5) is 11.4 Å². The molecule has 6 nitrogen and oxygen atoms in total. The molecule has 0 saturated carbocycles. The van der Waals surface area contributed by atoms with Crippen LogP contribution in [-0.4, -0.2) is 50.1 Å². The molecular weight excluding hydrogens is 314 g/mol. The molecule has 1 amide bonds. The highest BCUT2D eigenvalue weighted by molar-refractivity contribution is 5.97. The van der Waals surface area contributed by atoms with Crippen molar-refractivity contribution in [2.75, 3.05) is 43.4 Å². The zero-order valence-corrected chi connectivity index (χ0v) is 15.2. The Labute approximate surface area is 150 Å². The SMILES string of the molecule is CCC(C)NC(=O)/C(C#N)=C\Nc1ccc(N2CCN(C)CC2)cc1. The largest absolute Gasteiger partial charge is 0.369 e. The van der Waals surface area contributed by atoms with Crippen LogP contribution in [0.25, 0.3) is 0 Å². The summed E-state index contributed by atoms with van der Waals surface area (Å²) >= 11 is 0. The molecule has 0 aliphatic carbocycles.